The van der Waals surface area contributed by atoms with Crippen molar-refractivity contribution in [2.24, 2.45) is 0 Å². The number of nitrogens with zero attached hydrogens (tertiary/aromatic N) is 1. The molecule has 0 aromatic rings. The van der Waals surface area contributed by atoms with Gasteiger partial charge in [-0.25, -0.2) is 0 Å². The van der Waals surface area contributed by atoms with Crippen LogP contribution < -0.4 is 5.32 Å². The predicted octanol–water partition coefficient (Wildman–Crippen LogP) is 1.27. The Kier molecular flexibility index (Phi) is 9.83. The zero-order chi connectivity index (χ0) is 14.7. The third-order valence-corrected chi connectivity index (χ3v) is 2.47. The van der Waals surface area contributed by atoms with Crippen molar-refractivity contribution in [3.63, 3.8) is 0 Å². The summed E-state index contributed by atoms with van der Waals surface area (Å²) in [7, 11) is 0. The molecule has 0 amide bonds. The van der Waals surface area contributed by atoms with Crippen LogP contribution in [0.5, 0.6) is 0 Å². The van der Waals surface area contributed by atoms with Gasteiger partial charge in [-0.15, -0.1) is 0 Å². The summed E-state index contributed by atoms with van der Waals surface area (Å²) in [4.78, 5) is 12.0. The van der Waals surface area contributed by atoms with Gasteiger partial charge in [-0.05, 0) is 34.6 Å². The summed E-state index contributed by atoms with van der Waals surface area (Å²) in [5.41, 5.74) is -0.318. The summed E-state index contributed by atoms with van der Waals surface area (Å²) in [5, 5.41) is 3.33. The molecule has 1 aliphatic heterocycles. The maximum absolute atomic E-state index is 9.60. The van der Waals surface area contributed by atoms with Gasteiger partial charge in [0.05, 0.1) is 12.7 Å². The van der Waals surface area contributed by atoms with Gasteiger partial charge >= 0.3 is 0 Å². The number of carbonyl (C=O) groups is 1. The first-order chi connectivity index (χ1) is 8.85. The van der Waals surface area contributed by atoms with Crippen molar-refractivity contribution in [3.8, 4) is 0 Å². The second-order valence-corrected chi connectivity index (χ2v) is 5.84. The van der Waals surface area contributed by atoms with Crippen molar-refractivity contribution in [1.82, 2.24) is 10.2 Å². The molecular weight excluding hydrogens is 244 g/mol. The summed E-state index contributed by atoms with van der Waals surface area (Å²) in [5.74, 6) is 0. The molecule has 0 aromatic heterocycles. The quantitative estimate of drug-likeness (QED) is 0.765. The van der Waals surface area contributed by atoms with E-state index < -0.39 is 0 Å². The Morgan fingerprint density at radius 1 is 1.26 bits per heavy atom. The SMILES string of the molecule is CC(C)(C)OC=O.CC(C)OCCN1CCNCC1. The fourth-order valence-corrected chi connectivity index (χ4v) is 1.50. The molecule has 5 nitrogen and oxygen atoms in total. The molecule has 0 bridgehead atoms. The van der Waals surface area contributed by atoms with Crippen LogP contribution >= 0.6 is 0 Å². The highest BCUT2D eigenvalue weighted by atomic mass is 16.5. The Balaban J connectivity index is 0.000000399. The average Bonchev–Trinajstić information content (AvgIpc) is 2.29. The summed E-state index contributed by atoms with van der Waals surface area (Å²) in [6.07, 6.45) is 0.368. The molecule has 0 unspecified atom stereocenters. The van der Waals surface area contributed by atoms with Gasteiger partial charge in [-0.1, -0.05) is 0 Å². The number of carbonyl (C=O) groups excluding carboxylic acids is 1. The molecule has 1 rings (SSSR count). The van der Waals surface area contributed by atoms with Crippen LogP contribution in [-0.4, -0.2) is 62.4 Å². The summed E-state index contributed by atoms with van der Waals surface area (Å²) >= 11 is 0. The molecule has 5 heteroatoms. The van der Waals surface area contributed by atoms with Gasteiger partial charge in [0.15, 0.2) is 0 Å². The van der Waals surface area contributed by atoms with E-state index in [-0.39, 0.29) is 5.60 Å². The zero-order valence-corrected chi connectivity index (χ0v) is 13.1. The molecule has 0 radical (unpaired) electrons. The number of hydrogen-bond donors (Lipinski definition) is 1. The number of piperazine rings is 1. The van der Waals surface area contributed by atoms with E-state index in [0.29, 0.717) is 12.6 Å². The standard InChI is InChI=1S/C9H20N2O.C5H10O2/c1-9(2)12-8-7-11-5-3-10-4-6-11;1-5(2,3)7-4-6/h9-10H,3-8H2,1-2H3;4H,1-3H3. The van der Waals surface area contributed by atoms with Gasteiger partial charge in [-0.3, -0.25) is 9.69 Å². The Morgan fingerprint density at radius 3 is 2.21 bits per heavy atom. The molecule has 19 heavy (non-hydrogen) atoms. The summed E-state index contributed by atoms with van der Waals surface area (Å²) in [6.45, 7) is 16.6. The van der Waals surface area contributed by atoms with Crippen LogP contribution in [0.25, 0.3) is 0 Å². The Morgan fingerprint density at radius 2 is 1.84 bits per heavy atom. The van der Waals surface area contributed by atoms with Gasteiger partial charge in [0.1, 0.15) is 5.60 Å². The average molecular weight is 274 g/mol. The van der Waals surface area contributed by atoms with Gasteiger partial charge in [0.2, 0.25) is 0 Å². The fourth-order valence-electron chi connectivity index (χ4n) is 1.50. The molecule has 0 atom stereocenters. The first kappa shape index (κ1) is 18.4. The topological polar surface area (TPSA) is 50.8 Å². The third kappa shape index (κ3) is 13.6. The van der Waals surface area contributed by atoms with Crippen molar-refractivity contribution in [2.45, 2.75) is 46.3 Å². The maximum Gasteiger partial charge on any atom is 0.293 e. The number of ether oxygens (including phenoxy) is 2. The van der Waals surface area contributed by atoms with Crippen molar-refractivity contribution >= 4 is 6.47 Å². The number of rotatable bonds is 5. The molecule has 1 N–H and O–H groups in total. The third-order valence-electron chi connectivity index (χ3n) is 2.47. The molecular formula is C14H30N2O3. The summed E-state index contributed by atoms with van der Waals surface area (Å²) < 4.78 is 10.0. The fraction of sp³-hybridized carbons (Fsp3) is 0.929. The molecule has 1 fully saturated rings. The van der Waals surface area contributed by atoms with E-state index in [1.165, 1.54) is 13.1 Å². The van der Waals surface area contributed by atoms with Gasteiger partial charge in [0, 0.05) is 32.7 Å². The van der Waals surface area contributed by atoms with Crippen LogP contribution in [0.15, 0.2) is 0 Å². The van der Waals surface area contributed by atoms with Crippen molar-refractivity contribution in [2.75, 3.05) is 39.3 Å². The van der Waals surface area contributed by atoms with Crippen LogP contribution in [0.3, 0.4) is 0 Å². The minimum absolute atomic E-state index is 0.318. The van der Waals surface area contributed by atoms with Crippen LogP contribution in [0.2, 0.25) is 0 Å². The molecule has 1 heterocycles. The molecule has 0 aromatic carbocycles. The van der Waals surface area contributed by atoms with Crippen LogP contribution in [0, 0.1) is 0 Å². The molecule has 0 saturated carbocycles. The highest BCUT2D eigenvalue weighted by Gasteiger charge is 2.08. The highest BCUT2D eigenvalue weighted by Crippen LogP contribution is 2.02. The molecule has 1 saturated heterocycles. The molecule has 0 spiro atoms. The van der Waals surface area contributed by atoms with Gasteiger partial charge in [0.25, 0.3) is 6.47 Å². The van der Waals surface area contributed by atoms with Crippen LogP contribution in [0.1, 0.15) is 34.6 Å². The lowest BCUT2D eigenvalue weighted by Gasteiger charge is -2.27. The van der Waals surface area contributed by atoms with E-state index in [9.17, 15) is 4.79 Å². The van der Waals surface area contributed by atoms with Crippen LogP contribution in [0.4, 0.5) is 0 Å². The van der Waals surface area contributed by atoms with Gasteiger partial charge in [-0.2, -0.15) is 0 Å². The lowest BCUT2D eigenvalue weighted by atomic mass is 10.2. The lowest BCUT2D eigenvalue weighted by molar-refractivity contribution is -0.138. The Labute approximate surface area is 117 Å². The first-order valence-corrected chi connectivity index (χ1v) is 7.01. The molecule has 0 aliphatic carbocycles. The van der Waals surface area contributed by atoms with E-state index in [4.69, 9.17) is 4.74 Å². The number of hydrogen-bond acceptors (Lipinski definition) is 5. The lowest BCUT2D eigenvalue weighted by Crippen LogP contribution is -2.44. The largest absolute Gasteiger partial charge is 0.462 e. The first-order valence-electron chi connectivity index (χ1n) is 7.01. The van der Waals surface area contributed by atoms with Crippen molar-refractivity contribution in [1.29, 1.82) is 0 Å². The van der Waals surface area contributed by atoms with E-state index in [1.807, 2.05) is 20.8 Å². The molecule has 114 valence electrons. The smallest absolute Gasteiger partial charge is 0.293 e. The van der Waals surface area contributed by atoms with Gasteiger partial charge < -0.3 is 14.8 Å². The maximum atomic E-state index is 9.60. The minimum atomic E-state index is -0.318. The molecule has 1 aliphatic rings. The van der Waals surface area contributed by atoms with Crippen molar-refractivity contribution in [3.05, 3.63) is 0 Å². The Bertz CT molecular complexity index is 221. The minimum Gasteiger partial charge on any atom is -0.462 e. The monoisotopic (exact) mass is 274 g/mol. The van der Waals surface area contributed by atoms with Crippen LogP contribution in [-0.2, 0) is 14.3 Å². The highest BCUT2D eigenvalue weighted by molar-refractivity contribution is 5.37. The van der Waals surface area contributed by atoms with E-state index in [0.717, 1.165) is 26.2 Å². The second-order valence-electron chi connectivity index (χ2n) is 5.84. The predicted molar refractivity (Wildman–Crippen MR) is 77.3 cm³/mol. The zero-order valence-electron chi connectivity index (χ0n) is 13.1. The Hall–Kier alpha value is -0.650. The second kappa shape index (κ2) is 10.2. The summed E-state index contributed by atoms with van der Waals surface area (Å²) in [6, 6.07) is 0. The van der Waals surface area contributed by atoms with E-state index in [1.54, 1.807) is 0 Å². The van der Waals surface area contributed by atoms with E-state index in [2.05, 4.69) is 28.8 Å². The van der Waals surface area contributed by atoms with Crippen molar-refractivity contribution < 1.29 is 14.3 Å². The van der Waals surface area contributed by atoms with E-state index >= 15 is 0 Å². The number of nitrogens with one attached hydrogen (secondary N) is 1. The normalized spacial score (nSPS) is 16.7.